The van der Waals surface area contributed by atoms with Crippen LogP contribution in [0.5, 0.6) is 0 Å². The van der Waals surface area contributed by atoms with E-state index in [0.717, 1.165) is 19.8 Å². The molecule has 0 aliphatic rings. The third kappa shape index (κ3) is 34.0. The topological polar surface area (TPSA) is 104 Å². The molecule has 0 spiro atoms. The average Bonchev–Trinajstić information content (AvgIpc) is 2.42. The molecule has 0 aromatic heterocycles. The number of aliphatic carboxylic acids is 2. The number of unbranched alkanes of at least 4 members (excludes halogenated alkanes) is 8. The molecule has 1 amide bonds. The van der Waals surface area contributed by atoms with Gasteiger partial charge in [-0.25, -0.2) is 0 Å². The molecule has 0 aliphatic heterocycles. The summed E-state index contributed by atoms with van der Waals surface area (Å²) in [6.07, 6.45) is 11.4. The second kappa shape index (κ2) is 21.4. The number of hydrogen-bond acceptors (Lipinski definition) is 3. The summed E-state index contributed by atoms with van der Waals surface area (Å²) in [4.78, 5) is 30.4. The van der Waals surface area contributed by atoms with Crippen LogP contribution in [-0.4, -0.2) is 64.2 Å². The van der Waals surface area contributed by atoms with Crippen LogP contribution in [0.4, 0.5) is 0 Å². The van der Waals surface area contributed by atoms with Crippen molar-refractivity contribution in [1.82, 2.24) is 5.32 Å². The van der Waals surface area contributed by atoms with Gasteiger partial charge in [-0.05, 0) is 6.42 Å². The number of carboxylic acid groups (broad SMARTS) is 2. The zero-order valence-corrected chi connectivity index (χ0v) is 13.9. The number of amides is 1. The molecule has 0 aromatic carbocycles. The summed E-state index contributed by atoms with van der Waals surface area (Å²) in [6.45, 7) is 3.03. The van der Waals surface area contributed by atoms with Gasteiger partial charge in [0.15, 0.2) is 0 Å². The molecule has 6 nitrogen and oxygen atoms in total. The van der Waals surface area contributed by atoms with Gasteiger partial charge in [0, 0.05) is 13.3 Å². The van der Waals surface area contributed by atoms with Crippen molar-refractivity contribution in [2.24, 2.45) is 0 Å². The van der Waals surface area contributed by atoms with Crippen molar-refractivity contribution in [1.29, 1.82) is 0 Å². The second-order valence-corrected chi connectivity index (χ2v) is 5.27. The van der Waals surface area contributed by atoms with E-state index in [9.17, 15) is 9.59 Å². The number of hydrogen-bond donors (Lipinski definition) is 3. The minimum atomic E-state index is -0.990. The summed E-state index contributed by atoms with van der Waals surface area (Å²) in [5.74, 6) is -1.98. The van der Waals surface area contributed by atoms with Crippen LogP contribution < -0.4 is 5.32 Å². The van der Waals surface area contributed by atoms with Crippen molar-refractivity contribution in [3.8, 4) is 0 Å². The zero-order chi connectivity index (χ0) is 17.2. The van der Waals surface area contributed by atoms with Gasteiger partial charge in [0.2, 0.25) is 5.91 Å². The average molecular weight is 341 g/mol. The first-order chi connectivity index (χ1) is 10.4. The van der Waals surface area contributed by atoms with E-state index in [1.54, 1.807) is 0 Å². The number of carbonyl (C=O) groups excluding carboxylic acids is 1. The SMILES string of the molecule is CC(=O)O.CCCCCCCCCCCC(=O)NCC(=O)O.[NaH]. The minimum absolute atomic E-state index is 0. The van der Waals surface area contributed by atoms with Gasteiger partial charge in [-0.2, -0.15) is 0 Å². The predicted molar refractivity (Wildman–Crippen MR) is 92.9 cm³/mol. The van der Waals surface area contributed by atoms with Gasteiger partial charge in [-0.3, -0.25) is 14.4 Å². The van der Waals surface area contributed by atoms with Crippen molar-refractivity contribution in [3.63, 3.8) is 0 Å². The van der Waals surface area contributed by atoms with E-state index in [1.165, 1.54) is 44.9 Å². The Morgan fingerprint density at radius 1 is 0.826 bits per heavy atom. The Kier molecular flexibility index (Phi) is 25.4. The summed E-state index contributed by atoms with van der Waals surface area (Å²) < 4.78 is 0. The van der Waals surface area contributed by atoms with Gasteiger partial charge >= 0.3 is 35.5 Å². The summed E-state index contributed by atoms with van der Waals surface area (Å²) in [5.41, 5.74) is 0. The van der Waals surface area contributed by atoms with Crippen molar-refractivity contribution < 1.29 is 24.6 Å². The van der Waals surface area contributed by atoms with E-state index in [-0.39, 0.29) is 42.0 Å². The van der Waals surface area contributed by atoms with E-state index >= 15 is 0 Å². The molecule has 0 atom stereocenters. The van der Waals surface area contributed by atoms with Crippen molar-refractivity contribution in [2.75, 3.05) is 6.54 Å². The predicted octanol–water partition coefficient (Wildman–Crippen LogP) is 2.55. The maximum absolute atomic E-state index is 11.2. The van der Waals surface area contributed by atoms with Gasteiger partial charge < -0.3 is 15.5 Å². The number of carbonyl (C=O) groups is 3. The van der Waals surface area contributed by atoms with E-state index < -0.39 is 11.9 Å². The van der Waals surface area contributed by atoms with E-state index in [2.05, 4.69) is 12.2 Å². The Morgan fingerprint density at radius 3 is 1.61 bits per heavy atom. The third-order valence-electron chi connectivity index (χ3n) is 2.94. The fourth-order valence-corrected chi connectivity index (χ4v) is 1.86. The molecule has 0 radical (unpaired) electrons. The van der Waals surface area contributed by atoms with Crippen molar-refractivity contribution >= 4 is 47.4 Å². The molecule has 0 aliphatic carbocycles. The van der Waals surface area contributed by atoms with Crippen LogP contribution in [-0.2, 0) is 14.4 Å². The summed E-state index contributed by atoms with van der Waals surface area (Å²) in [7, 11) is 0. The molecule has 132 valence electrons. The van der Waals surface area contributed by atoms with E-state index in [0.29, 0.717) is 6.42 Å². The van der Waals surface area contributed by atoms with Crippen LogP contribution in [0.2, 0.25) is 0 Å². The van der Waals surface area contributed by atoms with Gasteiger partial charge in [0.25, 0.3) is 5.97 Å². The van der Waals surface area contributed by atoms with Crippen molar-refractivity contribution in [2.45, 2.75) is 78.1 Å². The van der Waals surface area contributed by atoms with Crippen LogP contribution in [0.25, 0.3) is 0 Å². The fourth-order valence-electron chi connectivity index (χ4n) is 1.86. The molecule has 0 heterocycles. The fraction of sp³-hybridized carbons (Fsp3) is 0.812. The summed E-state index contributed by atoms with van der Waals surface area (Å²) in [6, 6.07) is 0. The molecule has 0 aromatic rings. The van der Waals surface area contributed by atoms with Crippen LogP contribution in [0.3, 0.4) is 0 Å². The molecular weight excluding hydrogens is 309 g/mol. The Balaban J connectivity index is -0.000000712. The molecule has 0 fully saturated rings. The molecule has 0 saturated carbocycles. The molecule has 0 saturated heterocycles. The monoisotopic (exact) mass is 341 g/mol. The zero-order valence-electron chi connectivity index (χ0n) is 13.9. The van der Waals surface area contributed by atoms with Crippen LogP contribution in [0, 0.1) is 0 Å². The van der Waals surface area contributed by atoms with Crippen LogP contribution >= 0.6 is 0 Å². The van der Waals surface area contributed by atoms with Crippen LogP contribution in [0.15, 0.2) is 0 Å². The van der Waals surface area contributed by atoms with Crippen LogP contribution in [0.1, 0.15) is 78.1 Å². The van der Waals surface area contributed by atoms with Gasteiger partial charge in [-0.1, -0.05) is 58.3 Å². The Bertz CT molecular complexity index is 307. The molecule has 3 N–H and O–H groups in total. The van der Waals surface area contributed by atoms with Gasteiger partial charge in [0.05, 0.1) is 0 Å². The standard InChI is InChI=1S/C14H27NO3.C2H4O2.Na.H/c1-2-3-4-5-6-7-8-9-10-11-13(16)15-12-14(17)18;1-2(3)4;;/h2-12H2,1H3,(H,15,16)(H,17,18);1H3,(H,3,4);;. The quantitative estimate of drug-likeness (QED) is 0.374. The number of carboxylic acids is 2. The van der Waals surface area contributed by atoms with Crippen molar-refractivity contribution in [3.05, 3.63) is 0 Å². The number of nitrogens with one attached hydrogen (secondary N) is 1. The third-order valence-corrected chi connectivity index (χ3v) is 2.94. The molecule has 7 heteroatoms. The summed E-state index contributed by atoms with van der Waals surface area (Å²) in [5, 5.41) is 18.2. The first-order valence-corrected chi connectivity index (χ1v) is 8.08. The maximum atomic E-state index is 11.2. The Labute approximate surface area is 161 Å². The molecule has 0 unspecified atom stereocenters. The Hall–Kier alpha value is -0.590. The summed E-state index contributed by atoms with van der Waals surface area (Å²) >= 11 is 0. The van der Waals surface area contributed by atoms with E-state index in [4.69, 9.17) is 15.0 Å². The molecule has 0 bridgehead atoms. The Morgan fingerprint density at radius 2 is 1.22 bits per heavy atom. The first-order valence-electron chi connectivity index (χ1n) is 8.08. The second-order valence-electron chi connectivity index (χ2n) is 5.27. The molecule has 0 rings (SSSR count). The normalized spacial score (nSPS) is 9.13. The van der Waals surface area contributed by atoms with E-state index in [1.807, 2.05) is 0 Å². The van der Waals surface area contributed by atoms with Gasteiger partial charge in [-0.15, -0.1) is 0 Å². The number of rotatable bonds is 12. The van der Waals surface area contributed by atoms with Gasteiger partial charge in [0.1, 0.15) is 6.54 Å². The molecule has 23 heavy (non-hydrogen) atoms. The first kappa shape index (κ1) is 27.3. The molecular formula is C16H32NNaO5.